The number of benzene rings is 2. The molecule has 3 rings (SSSR count). The molecule has 1 heterocycles. The van der Waals surface area contributed by atoms with Crippen molar-refractivity contribution in [2.24, 2.45) is 0 Å². The summed E-state index contributed by atoms with van der Waals surface area (Å²) in [5, 5.41) is 3.69. The average molecular weight is 427 g/mol. The van der Waals surface area contributed by atoms with E-state index in [-0.39, 0.29) is 37.0 Å². The lowest BCUT2D eigenvalue weighted by Gasteiger charge is -2.16. The molecule has 154 valence electrons. The molecule has 0 aliphatic carbocycles. The van der Waals surface area contributed by atoms with E-state index in [1.54, 1.807) is 6.07 Å². The first-order chi connectivity index (χ1) is 13.8. The topological polar surface area (TPSA) is 85.5 Å². The number of rotatable bonds is 8. The molecule has 0 unspecified atom stereocenters. The number of ether oxygens (including phenoxy) is 1. The van der Waals surface area contributed by atoms with Crippen molar-refractivity contribution in [3.8, 4) is 5.75 Å². The molecule has 2 aromatic carbocycles. The van der Waals surface area contributed by atoms with E-state index in [1.165, 1.54) is 25.2 Å². The molecule has 1 aromatic heterocycles. The number of hydrogen-bond acceptors (Lipinski definition) is 6. The summed E-state index contributed by atoms with van der Waals surface area (Å²) in [6.07, 6.45) is 0.0515. The zero-order valence-electron chi connectivity index (χ0n) is 15.2. The number of para-hydroxylation sites is 1. The molecule has 0 fully saturated rings. The monoisotopic (exact) mass is 427 g/mol. The van der Waals surface area contributed by atoms with E-state index < -0.39 is 32.4 Å². The van der Waals surface area contributed by atoms with Gasteiger partial charge in [-0.15, -0.1) is 0 Å². The van der Waals surface area contributed by atoms with E-state index >= 15 is 0 Å². The van der Waals surface area contributed by atoms with Crippen LogP contribution in [0.2, 0.25) is 0 Å². The molecule has 3 aromatic rings. The van der Waals surface area contributed by atoms with Gasteiger partial charge >= 0.3 is 0 Å². The highest BCUT2D eigenvalue weighted by atomic mass is 32.2. The van der Waals surface area contributed by atoms with Gasteiger partial charge in [0.15, 0.2) is 24.0 Å². The maximum absolute atomic E-state index is 13.8. The third-order valence-electron chi connectivity index (χ3n) is 3.93. The third kappa shape index (κ3) is 4.93. The number of halogens is 3. The normalized spacial score (nSPS) is 11.8. The molecule has 0 saturated carbocycles. The number of likely N-dealkylation sites (N-methyl/N-ethyl adjacent to an activating group) is 1. The molecule has 0 amide bonds. The Morgan fingerprint density at radius 2 is 1.86 bits per heavy atom. The van der Waals surface area contributed by atoms with Crippen molar-refractivity contribution >= 4 is 10.0 Å². The summed E-state index contributed by atoms with van der Waals surface area (Å²) >= 11 is 0. The van der Waals surface area contributed by atoms with Gasteiger partial charge in [0.1, 0.15) is 16.5 Å². The molecule has 0 aliphatic rings. The lowest BCUT2D eigenvalue weighted by molar-refractivity contribution is 0.234. The van der Waals surface area contributed by atoms with Crippen molar-refractivity contribution in [1.82, 2.24) is 14.4 Å². The minimum atomic E-state index is -4.24. The van der Waals surface area contributed by atoms with Gasteiger partial charge in [-0.3, -0.25) is 0 Å². The Labute approximate surface area is 164 Å². The molecule has 0 bridgehead atoms. The van der Waals surface area contributed by atoms with E-state index in [0.29, 0.717) is 6.07 Å². The third-order valence-corrected chi connectivity index (χ3v) is 5.80. The molecule has 0 spiro atoms. The minimum Gasteiger partial charge on any atom is -0.481 e. The molecular formula is C18H16F3N3O4S. The van der Waals surface area contributed by atoms with Crippen LogP contribution in [0.15, 0.2) is 51.9 Å². The Morgan fingerprint density at radius 1 is 1.10 bits per heavy atom. The Hall–Kier alpha value is -2.92. The highest BCUT2D eigenvalue weighted by Gasteiger charge is 2.25. The van der Waals surface area contributed by atoms with Crippen molar-refractivity contribution in [1.29, 1.82) is 0 Å². The van der Waals surface area contributed by atoms with Gasteiger partial charge in [-0.05, 0) is 30.3 Å². The number of aromatic nitrogens is 2. The molecule has 11 heteroatoms. The van der Waals surface area contributed by atoms with E-state index in [2.05, 4.69) is 10.1 Å². The highest BCUT2D eigenvalue weighted by molar-refractivity contribution is 7.89. The molecule has 0 atom stereocenters. The fourth-order valence-corrected chi connectivity index (χ4v) is 3.62. The van der Waals surface area contributed by atoms with Gasteiger partial charge in [0.2, 0.25) is 10.0 Å². The standard InChI is InChI=1S/C18H16F3N3O4S/c1-24(29(25,26)16-10-12(19)6-7-14(16)21)9-8-17-22-18(28-23-17)11-27-15-5-3-2-4-13(15)20/h2-7,10H,8-9,11H2,1H3. The minimum absolute atomic E-state index is 0.0233. The first-order valence-electron chi connectivity index (χ1n) is 8.37. The molecule has 7 nitrogen and oxygen atoms in total. The summed E-state index contributed by atoms with van der Waals surface area (Å²) in [6, 6.07) is 8.01. The Balaban J connectivity index is 1.60. The van der Waals surface area contributed by atoms with E-state index in [4.69, 9.17) is 9.26 Å². The molecular weight excluding hydrogens is 411 g/mol. The largest absolute Gasteiger partial charge is 0.481 e. The summed E-state index contributed by atoms with van der Waals surface area (Å²) in [6.45, 7) is -0.276. The Morgan fingerprint density at radius 3 is 2.62 bits per heavy atom. The van der Waals surface area contributed by atoms with Crippen LogP contribution >= 0.6 is 0 Å². The van der Waals surface area contributed by atoms with Crippen LogP contribution in [0.5, 0.6) is 5.75 Å². The van der Waals surface area contributed by atoms with Gasteiger partial charge in [0.25, 0.3) is 5.89 Å². The van der Waals surface area contributed by atoms with Crippen molar-refractivity contribution in [3.63, 3.8) is 0 Å². The fraction of sp³-hybridized carbons (Fsp3) is 0.222. The van der Waals surface area contributed by atoms with Gasteiger partial charge in [0.05, 0.1) is 0 Å². The molecule has 0 aliphatic heterocycles. The number of sulfonamides is 1. The highest BCUT2D eigenvalue weighted by Crippen LogP contribution is 2.20. The van der Waals surface area contributed by atoms with E-state index in [1.807, 2.05) is 0 Å². The lowest BCUT2D eigenvalue weighted by Crippen LogP contribution is -2.30. The summed E-state index contributed by atoms with van der Waals surface area (Å²) in [4.78, 5) is 3.28. The predicted octanol–water partition coefficient (Wildman–Crippen LogP) is 2.93. The molecule has 0 radical (unpaired) electrons. The fourth-order valence-electron chi connectivity index (χ4n) is 2.37. The first kappa shape index (κ1) is 20.8. The van der Waals surface area contributed by atoms with Crippen LogP contribution in [0.1, 0.15) is 11.7 Å². The van der Waals surface area contributed by atoms with Crippen LogP contribution in [0.25, 0.3) is 0 Å². The van der Waals surface area contributed by atoms with Gasteiger partial charge in [0, 0.05) is 20.0 Å². The maximum Gasteiger partial charge on any atom is 0.264 e. The van der Waals surface area contributed by atoms with Crippen LogP contribution in [0.3, 0.4) is 0 Å². The molecule has 0 saturated heterocycles. The SMILES string of the molecule is CN(CCc1noc(COc2ccccc2F)n1)S(=O)(=O)c1cc(F)ccc1F. The summed E-state index contributed by atoms with van der Waals surface area (Å²) in [5.74, 6) is -2.18. The zero-order valence-corrected chi connectivity index (χ0v) is 16.0. The van der Waals surface area contributed by atoms with Crippen molar-refractivity contribution < 1.29 is 30.8 Å². The second-order valence-electron chi connectivity index (χ2n) is 5.97. The van der Waals surface area contributed by atoms with Gasteiger partial charge in [-0.25, -0.2) is 25.9 Å². The molecule has 0 N–H and O–H groups in total. The second-order valence-corrected chi connectivity index (χ2v) is 7.99. The van der Waals surface area contributed by atoms with Crippen LogP contribution in [0, 0.1) is 17.5 Å². The van der Waals surface area contributed by atoms with E-state index in [9.17, 15) is 21.6 Å². The second kappa shape index (κ2) is 8.62. The summed E-state index contributed by atoms with van der Waals surface area (Å²) in [7, 11) is -3.02. The van der Waals surface area contributed by atoms with Crippen LogP contribution in [-0.2, 0) is 23.1 Å². The van der Waals surface area contributed by atoms with Crippen molar-refractivity contribution in [3.05, 3.63) is 71.6 Å². The Bertz CT molecular complexity index is 1110. The van der Waals surface area contributed by atoms with Crippen LogP contribution in [-0.4, -0.2) is 36.5 Å². The van der Waals surface area contributed by atoms with Gasteiger partial charge < -0.3 is 9.26 Å². The van der Waals surface area contributed by atoms with Gasteiger partial charge in [-0.1, -0.05) is 17.3 Å². The lowest BCUT2D eigenvalue weighted by atomic mass is 10.3. The number of hydrogen-bond donors (Lipinski definition) is 0. The summed E-state index contributed by atoms with van der Waals surface area (Å²) < 4.78 is 76.5. The van der Waals surface area contributed by atoms with Gasteiger partial charge in [-0.2, -0.15) is 4.98 Å². The quantitative estimate of drug-likeness (QED) is 0.550. The van der Waals surface area contributed by atoms with E-state index in [0.717, 1.165) is 16.4 Å². The Kier molecular flexibility index (Phi) is 6.18. The summed E-state index contributed by atoms with van der Waals surface area (Å²) in [5.41, 5.74) is 0. The first-order valence-corrected chi connectivity index (χ1v) is 9.81. The van der Waals surface area contributed by atoms with Crippen molar-refractivity contribution in [2.75, 3.05) is 13.6 Å². The maximum atomic E-state index is 13.8. The van der Waals surface area contributed by atoms with Crippen LogP contribution in [0.4, 0.5) is 13.2 Å². The predicted molar refractivity (Wildman–Crippen MR) is 94.9 cm³/mol. The van der Waals surface area contributed by atoms with Crippen molar-refractivity contribution in [2.45, 2.75) is 17.9 Å². The molecule has 29 heavy (non-hydrogen) atoms. The van der Waals surface area contributed by atoms with Crippen LogP contribution < -0.4 is 4.74 Å². The smallest absolute Gasteiger partial charge is 0.264 e. The number of nitrogens with zero attached hydrogens (tertiary/aromatic N) is 3. The average Bonchev–Trinajstić information content (AvgIpc) is 3.15. The zero-order chi connectivity index (χ0) is 21.0.